The van der Waals surface area contributed by atoms with Crippen molar-refractivity contribution in [3.05, 3.63) is 72.4 Å². The van der Waals surface area contributed by atoms with Crippen molar-refractivity contribution in [2.45, 2.75) is 23.2 Å². The number of hydrogen-bond acceptors (Lipinski definition) is 3. The van der Waals surface area contributed by atoms with Gasteiger partial charge in [-0.25, -0.2) is 8.42 Å². The molecule has 0 saturated heterocycles. The number of alkyl halides is 1. The maximum absolute atomic E-state index is 12.7. The van der Waals surface area contributed by atoms with Gasteiger partial charge in [-0.15, -0.1) is 0 Å². The summed E-state index contributed by atoms with van der Waals surface area (Å²) in [6.07, 6.45) is 2.10. The smallest absolute Gasteiger partial charge is 0.242 e. The lowest BCUT2D eigenvalue weighted by atomic mass is 10.0. The molecule has 0 amide bonds. The summed E-state index contributed by atoms with van der Waals surface area (Å²) in [6, 6.07) is 17.6. The zero-order valence-corrected chi connectivity index (χ0v) is 16.1. The molecular weight excluding hydrogens is 370 g/mol. The lowest BCUT2D eigenvalue weighted by Gasteiger charge is -2.28. The number of hydrogen-bond donors (Lipinski definition) is 1. The molecule has 0 fully saturated rings. The van der Waals surface area contributed by atoms with Gasteiger partial charge in [0.15, 0.2) is 0 Å². The second-order valence-corrected chi connectivity index (χ2v) is 8.32. The summed E-state index contributed by atoms with van der Waals surface area (Å²) in [4.78, 5) is -1.07. The van der Waals surface area contributed by atoms with Gasteiger partial charge in [0.2, 0.25) is 10.0 Å². The van der Waals surface area contributed by atoms with E-state index >= 15 is 0 Å². The van der Waals surface area contributed by atoms with Gasteiger partial charge in [0.1, 0.15) is 5.00 Å². The van der Waals surface area contributed by atoms with Crippen molar-refractivity contribution in [3.8, 4) is 11.3 Å². The number of aromatic nitrogens is 2. The van der Waals surface area contributed by atoms with E-state index < -0.39 is 15.0 Å². The third-order valence-corrected chi connectivity index (χ3v) is 6.48. The molecule has 1 atom stereocenters. The number of rotatable bonds is 6. The van der Waals surface area contributed by atoms with Crippen LogP contribution in [0.5, 0.6) is 0 Å². The van der Waals surface area contributed by atoms with Gasteiger partial charge < -0.3 is 0 Å². The van der Waals surface area contributed by atoms with Gasteiger partial charge in [-0.1, -0.05) is 54.9 Å². The van der Waals surface area contributed by atoms with E-state index in [4.69, 9.17) is 11.6 Å². The third kappa shape index (κ3) is 3.67. The number of sulfonamides is 1. The van der Waals surface area contributed by atoms with Crippen molar-refractivity contribution in [1.82, 2.24) is 14.5 Å². The Hall–Kier alpha value is -2.15. The normalized spacial score (nSPS) is 14.1. The fourth-order valence-corrected chi connectivity index (χ4v) is 4.53. The summed E-state index contributed by atoms with van der Waals surface area (Å²) in [5.74, 6) is 0. The SMILES string of the molecule is CC[C@@](Cl)(NS(=O)(=O)c1ccccc1)c1cccc(-c2ccnn2C)c1. The van der Waals surface area contributed by atoms with Crippen LogP contribution in [0.3, 0.4) is 0 Å². The molecule has 0 unspecified atom stereocenters. The molecule has 1 N–H and O–H groups in total. The molecule has 3 rings (SSSR count). The van der Waals surface area contributed by atoms with Crippen LogP contribution in [-0.4, -0.2) is 18.2 Å². The molecule has 0 aliphatic heterocycles. The van der Waals surface area contributed by atoms with Crippen LogP contribution in [0.15, 0.2) is 71.8 Å². The summed E-state index contributed by atoms with van der Waals surface area (Å²) in [7, 11) is -1.90. The number of aryl methyl sites for hydroxylation is 1. The van der Waals surface area contributed by atoms with Gasteiger partial charge in [0, 0.05) is 18.8 Å². The van der Waals surface area contributed by atoms with Gasteiger partial charge >= 0.3 is 0 Å². The molecular formula is C19H20ClN3O2S. The highest BCUT2D eigenvalue weighted by molar-refractivity contribution is 7.89. The maximum atomic E-state index is 12.7. The van der Waals surface area contributed by atoms with Crippen molar-refractivity contribution < 1.29 is 8.42 Å². The third-order valence-electron chi connectivity index (χ3n) is 4.27. The molecule has 26 heavy (non-hydrogen) atoms. The van der Waals surface area contributed by atoms with E-state index in [1.54, 1.807) is 41.2 Å². The molecule has 3 aromatic rings. The standard InChI is InChI=1S/C19H20ClN3O2S/c1-3-19(20,22-26(24,25)17-10-5-4-6-11-17)16-9-7-8-15(14-16)18-12-13-21-23(18)2/h4-14,22H,3H2,1-2H3/t19-/m1/s1. The molecule has 0 saturated carbocycles. The molecule has 0 radical (unpaired) electrons. The van der Waals surface area contributed by atoms with Crippen LogP contribution in [0.2, 0.25) is 0 Å². The van der Waals surface area contributed by atoms with E-state index in [0.29, 0.717) is 12.0 Å². The molecule has 0 aliphatic rings. The first kappa shape index (κ1) is 18.6. The summed E-state index contributed by atoms with van der Waals surface area (Å²) in [5.41, 5.74) is 2.52. The largest absolute Gasteiger partial charge is 0.268 e. The Bertz CT molecular complexity index is 1000. The fraction of sp³-hybridized carbons (Fsp3) is 0.211. The van der Waals surface area contributed by atoms with Crippen molar-refractivity contribution in [2.24, 2.45) is 7.05 Å². The first-order valence-electron chi connectivity index (χ1n) is 8.22. The second kappa shape index (κ2) is 7.23. The van der Waals surface area contributed by atoms with E-state index in [9.17, 15) is 8.42 Å². The molecule has 0 aliphatic carbocycles. The second-order valence-electron chi connectivity index (χ2n) is 5.99. The molecule has 2 aromatic carbocycles. The Morgan fingerprint density at radius 3 is 2.46 bits per heavy atom. The van der Waals surface area contributed by atoms with E-state index in [2.05, 4.69) is 9.82 Å². The van der Waals surface area contributed by atoms with Crippen molar-refractivity contribution in [3.63, 3.8) is 0 Å². The number of nitrogens with one attached hydrogen (secondary N) is 1. The predicted octanol–water partition coefficient (Wildman–Crippen LogP) is 3.87. The van der Waals surface area contributed by atoms with Crippen LogP contribution in [0.4, 0.5) is 0 Å². The zero-order chi connectivity index (χ0) is 18.8. The van der Waals surface area contributed by atoms with E-state index in [-0.39, 0.29) is 4.90 Å². The van der Waals surface area contributed by atoms with Crippen molar-refractivity contribution in [2.75, 3.05) is 0 Å². The van der Waals surface area contributed by atoms with E-state index in [1.165, 1.54) is 0 Å². The van der Waals surface area contributed by atoms with Crippen LogP contribution in [0, 0.1) is 0 Å². The highest BCUT2D eigenvalue weighted by Gasteiger charge is 2.33. The molecule has 0 bridgehead atoms. The highest BCUT2D eigenvalue weighted by atomic mass is 35.5. The van der Waals surface area contributed by atoms with Crippen molar-refractivity contribution in [1.29, 1.82) is 0 Å². The van der Waals surface area contributed by atoms with Gasteiger partial charge in [-0.3, -0.25) is 4.68 Å². The van der Waals surface area contributed by atoms with Crippen LogP contribution in [0.1, 0.15) is 18.9 Å². The highest BCUT2D eigenvalue weighted by Crippen LogP contribution is 2.34. The first-order chi connectivity index (χ1) is 12.4. The van der Waals surface area contributed by atoms with Crippen LogP contribution in [0.25, 0.3) is 11.3 Å². The number of halogens is 1. The quantitative estimate of drug-likeness (QED) is 0.514. The van der Waals surface area contributed by atoms with Crippen LogP contribution >= 0.6 is 11.6 Å². The Morgan fingerprint density at radius 1 is 1.12 bits per heavy atom. The Morgan fingerprint density at radius 2 is 1.85 bits per heavy atom. The van der Waals surface area contributed by atoms with Crippen LogP contribution in [-0.2, 0) is 22.1 Å². The minimum Gasteiger partial charge on any atom is -0.268 e. The van der Waals surface area contributed by atoms with Crippen LogP contribution < -0.4 is 4.72 Å². The van der Waals surface area contributed by atoms with Gasteiger partial charge in [-0.05, 0) is 36.2 Å². The predicted molar refractivity (Wildman–Crippen MR) is 103 cm³/mol. The minimum absolute atomic E-state index is 0.182. The van der Waals surface area contributed by atoms with E-state index in [1.807, 2.05) is 44.3 Å². The summed E-state index contributed by atoms with van der Waals surface area (Å²) >= 11 is 6.74. The molecule has 5 nitrogen and oxygen atoms in total. The maximum Gasteiger partial charge on any atom is 0.242 e. The lowest BCUT2D eigenvalue weighted by Crippen LogP contribution is -2.40. The molecule has 0 spiro atoms. The fourth-order valence-electron chi connectivity index (χ4n) is 2.79. The topological polar surface area (TPSA) is 64.0 Å². The van der Waals surface area contributed by atoms with E-state index in [0.717, 1.165) is 11.3 Å². The Balaban J connectivity index is 1.99. The number of benzene rings is 2. The lowest BCUT2D eigenvalue weighted by molar-refractivity contribution is 0.515. The first-order valence-corrected chi connectivity index (χ1v) is 10.1. The van der Waals surface area contributed by atoms with Gasteiger partial charge in [0.25, 0.3) is 0 Å². The zero-order valence-electron chi connectivity index (χ0n) is 14.6. The molecule has 136 valence electrons. The average molecular weight is 390 g/mol. The summed E-state index contributed by atoms with van der Waals surface area (Å²) in [6.45, 7) is 1.84. The molecule has 7 heteroatoms. The Labute approximate surface area is 158 Å². The Kier molecular flexibility index (Phi) is 5.18. The average Bonchev–Trinajstić information content (AvgIpc) is 3.08. The van der Waals surface area contributed by atoms with Crippen molar-refractivity contribution >= 4 is 21.6 Å². The minimum atomic E-state index is -3.75. The number of nitrogens with zero attached hydrogens (tertiary/aromatic N) is 2. The monoisotopic (exact) mass is 389 g/mol. The molecule has 1 heterocycles. The molecule has 1 aromatic heterocycles. The van der Waals surface area contributed by atoms with Gasteiger partial charge in [-0.2, -0.15) is 9.82 Å². The summed E-state index contributed by atoms with van der Waals surface area (Å²) < 4.78 is 29.9. The summed E-state index contributed by atoms with van der Waals surface area (Å²) in [5, 5.41) is 4.18. The van der Waals surface area contributed by atoms with Gasteiger partial charge in [0.05, 0.1) is 10.6 Å².